The number of sulfone groups is 1. The van der Waals surface area contributed by atoms with E-state index < -0.39 is 21.1 Å². The van der Waals surface area contributed by atoms with Gasteiger partial charge in [0, 0.05) is 18.4 Å². The van der Waals surface area contributed by atoms with Gasteiger partial charge >= 0.3 is 5.97 Å². The fourth-order valence-corrected chi connectivity index (χ4v) is 3.94. The van der Waals surface area contributed by atoms with Gasteiger partial charge in [-0.3, -0.25) is 0 Å². The third-order valence-corrected chi connectivity index (χ3v) is 5.61. The van der Waals surface area contributed by atoms with E-state index in [0.717, 1.165) is 12.0 Å². The molecule has 1 fully saturated rings. The van der Waals surface area contributed by atoms with Gasteiger partial charge in [-0.2, -0.15) is 0 Å². The molecule has 1 aliphatic rings. The summed E-state index contributed by atoms with van der Waals surface area (Å²) in [4.78, 5) is 12.3. The molecule has 21 heavy (non-hydrogen) atoms. The standard InChI is InChI=1S/C15H21NO4S/c1-10-5-3-8-13(16)14(10)15(17)20-11-6-4-7-12(9-11)21(2,18)19/h3,5,8,11-12H,4,6-7,9,16H2,1-2H3. The number of hydrogen-bond acceptors (Lipinski definition) is 5. The zero-order valence-corrected chi connectivity index (χ0v) is 13.2. The topological polar surface area (TPSA) is 86.5 Å². The van der Waals surface area contributed by atoms with E-state index in [4.69, 9.17) is 10.5 Å². The van der Waals surface area contributed by atoms with Gasteiger partial charge in [-0.25, -0.2) is 13.2 Å². The number of hydrogen-bond donors (Lipinski definition) is 1. The van der Waals surface area contributed by atoms with Crippen molar-refractivity contribution in [3.05, 3.63) is 29.3 Å². The van der Waals surface area contributed by atoms with E-state index in [1.807, 2.05) is 0 Å². The van der Waals surface area contributed by atoms with E-state index in [1.54, 1.807) is 25.1 Å². The highest BCUT2D eigenvalue weighted by Crippen LogP contribution is 2.27. The largest absolute Gasteiger partial charge is 0.459 e. The molecule has 2 unspecified atom stereocenters. The number of nitrogens with two attached hydrogens (primary N) is 1. The van der Waals surface area contributed by atoms with Gasteiger partial charge in [-0.05, 0) is 37.8 Å². The molecule has 0 aromatic heterocycles. The molecule has 2 N–H and O–H groups in total. The lowest BCUT2D eigenvalue weighted by atomic mass is 9.97. The molecular formula is C15H21NO4S. The van der Waals surface area contributed by atoms with E-state index >= 15 is 0 Å². The van der Waals surface area contributed by atoms with Crippen LogP contribution in [0.2, 0.25) is 0 Å². The summed E-state index contributed by atoms with van der Waals surface area (Å²) < 4.78 is 28.8. The van der Waals surface area contributed by atoms with Crippen molar-refractivity contribution in [2.24, 2.45) is 0 Å². The lowest BCUT2D eigenvalue weighted by Crippen LogP contribution is -2.33. The number of esters is 1. The first kappa shape index (κ1) is 15.8. The second-order valence-electron chi connectivity index (χ2n) is 5.68. The third-order valence-electron chi connectivity index (χ3n) is 3.97. The Balaban J connectivity index is 2.10. The summed E-state index contributed by atoms with van der Waals surface area (Å²) in [7, 11) is -3.09. The molecule has 2 rings (SSSR count). The number of rotatable bonds is 3. The average molecular weight is 311 g/mol. The molecule has 0 radical (unpaired) electrons. The van der Waals surface area contributed by atoms with E-state index in [0.29, 0.717) is 30.5 Å². The maximum absolute atomic E-state index is 12.3. The second kappa shape index (κ2) is 6.05. The van der Waals surface area contributed by atoms with E-state index in [-0.39, 0.29) is 6.10 Å². The van der Waals surface area contributed by atoms with Crippen molar-refractivity contribution in [1.29, 1.82) is 0 Å². The Morgan fingerprint density at radius 2 is 2.05 bits per heavy atom. The highest BCUT2D eigenvalue weighted by molar-refractivity contribution is 7.91. The van der Waals surface area contributed by atoms with E-state index in [2.05, 4.69) is 0 Å². The van der Waals surface area contributed by atoms with Crippen LogP contribution < -0.4 is 5.73 Å². The van der Waals surface area contributed by atoms with Crippen molar-refractivity contribution in [2.75, 3.05) is 12.0 Å². The summed E-state index contributed by atoms with van der Waals surface area (Å²) in [5.41, 5.74) is 7.35. The van der Waals surface area contributed by atoms with Gasteiger partial charge in [-0.1, -0.05) is 12.1 Å². The van der Waals surface area contributed by atoms with E-state index in [9.17, 15) is 13.2 Å². The van der Waals surface area contributed by atoms with Crippen molar-refractivity contribution in [2.45, 2.75) is 44.0 Å². The number of carbonyl (C=O) groups is 1. The third kappa shape index (κ3) is 3.75. The van der Waals surface area contributed by atoms with Crippen molar-refractivity contribution in [3.8, 4) is 0 Å². The van der Waals surface area contributed by atoms with Gasteiger partial charge in [0.15, 0.2) is 0 Å². The highest BCUT2D eigenvalue weighted by atomic mass is 32.2. The molecule has 5 nitrogen and oxygen atoms in total. The minimum Gasteiger partial charge on any atom is -0.459 e. The lowest BCUT2D eigenvalue weighted by Gasteiger charge is -2.28. The van der Waals surface area contributed by atoms with Crippen LogP contribution in [0, 0.1) is 6.92 Å². The van der Waals surface area contributed by atoms with E-state index in [1.165, 1.54) is 6.26 Å². The average Bonchev–Trinajstić information content (AvgIpc) is 2.37. The molecule has 116 valence electrons. The summed E-state index contributed by atoms with van der Waals surface area (Å²) in [6.45, 7) is 1.80. The first-order valence-corrected chi connectivity index (χ1v) is 8.99. The first-order chi connectivity index (χ1) is 9.79. The zero-order chi connectivity index (χ0) is 15.6. The predicted molar refractivity (Wildman–Crippen MR) is 81.9 cm³/mol. The predicted octanol–water partition coefficient (Wildman–Crippen LogP) is 2.09. The molecule has 2 atom stereocenters. The molecule has 6 heteroatoms. The van der Waals surface area contributed by atoms with Gasteiger partial charge < -0.3 is 10.5 Å². The summed E-state index contributed by atoms with van der Waals surface area (Å²) in [6.07, 6.45) is 3.34. The fraction of sp³-hybridized carbons (Fsp3) is 0.533. The minimum atomic E-state index is -3.09. The maximum Gasteiger partial charge on any atom is 0.340 e. The molecule has 0 amide bonds. The maximum atomic E-state index is 12.3. The molecule has 1 aromatic rings. The molecule has 1 aromatic carbocycles. The van der Waals surface area contributed by atoms with Gasteiger partial charge in [0.1, 0.15) is 15.9 Å². The van der Waals surface area contributed by atoms with Crippen molar-refractivity contribution < 1.29 is 17.9 Å². The fourth-order valence-electron chi connectivity index (χ4n) is 2.78. The number of anilines is 1. The molecule has 1 aliphatic carbocycles. The number of carbonyl (C=O) groups excluding carboxylic acids is 1. The van der Waals surface area contributed by atoms with Crippen molar-refractivity contribution in [1.82, 2.24) is 0 Å². The normalized spacial score (nSPS) is 22.8. The van der Waals surface area contributed by atoms with Crippen LogP contribution >= 0.6 is 0 Å². The van der Waals surface area contributed by atoms with Gasteiger partial charge in [0.2, 0.25) is 0 Å². The molecule has 0 spiro atoms. The molecule has 0 bridgehead atoms. The summed E-state index contributed by atoms with van der Waals surface area (Å²) >= 11 is 0. The van der Waals surface area contributed by atoms with Gasteiger partial charge in [0.05, 0.1) is 10.8 Å². The Hall–Kier alpha value is -1.56. The molecule has 1 saturated carbocycles. The lowest BCUT2D eigenvalue weighted by molar-refractivity contribution is 0.0215. The SMILES string of the molecule is Cc1cccc(N)c1C(=O)OC1CCCC(S(C)(=O)=O)C1. The Kier molecular flexibility index (Phi) is 4.56. The first-order valence-electron chi connectivity index (χ1n) is 7.04. The number of nitrogen functional groups attached to an aromatic ring is 1. The number of benzene rings is 1. The molecule has 0 heterocycles. The zero-order valence-electron chi connectivity index (χ0n) is 12.3. The van der Waals surface area contributed by atoms with Gasteiger partial charge in [-0.15, -0.1) is 0 Å². The summed E-state index contributed by atoms with van der Waals surface area (Å²) in [5.74, 6) is -0.468. The van der Waals surface area contributed by atoms with Crippen LogP contribution in [0.3, 0.4) is 0 Å². The Bertz CT molecular complexity index is 619. The summed E-state index contributed by atoms with van der Waals surface area (Å²) in [6, 6.07) is 5.23. The number of aryl methyl sites for hydroxylation is 1. The Morgan fingerprint density at radius 3 is 2.67 bits per heavy atom. The highest BCUT2D eigenvalue weighted by Gasteiger charge is 2.31. The van der Waals surface area contributed by atoms with Crippen molar-refractivity contribution >= 4 is 21.5 Å². The minimum absolute atomic E-state index is 0.356. The second-order valence-corrected chi connectivity index (χ2v) is 8.01. The Labute approximate surface area is 125 Å². The van der Waals surface area contributed by atoms with Crippen LogP contribution in [-0.4, -0.2) is 32.0 Å². The van der Waals surface area contributed by atoms with Gasteiger partial charge in [0.25, 0.3) is 0 Å². The van der Waals surface area contributed by atoms with Crippen LogP contribution in [0.4, 0.5) is 5.69 Å². The molecular weight excluding hydrogens is 290 g/mol. The van der Waals surface area contributed by atoms with Crippen LogP contribution in [-0.2, 0) is 14.6 Å². The summed E-state index contributed by atoms with van der Waals surface area (Å²) in [5, 5.41) is -0.418. The van der Waals surface area contributed by atoms with Crippen LogP contribution in [0.25, 0.3) is 0 Å². The quantitative estimate of drug-likeness (QED) is 0.682. The molecule has 0 aliphatic heterocycles. The Morgan fingerprint density at radius 1 is 1.33 bits per heavy atom. The monoisotopic (exact) mass is 311 g/mol. The van der Waals surface area contributed by atoms with Crippen LogP contribution in [0.5, 0.6) is 0 Å². The van der Waals surface area contributed by atoms with Crippen LogP contribution in [0.1, 0.15) is 41.6 Å². The smallest absolute Gasteiger partial charge is 0.340 e. The molecule has 0 saturated heterocycles. The van der Waals surface area contributed by atoms with Crippen molar-refractivity contribution in [3.63, 3.8) is 0 Å². The van der Waals surface area contributed by atoms with Crippen LogP contribution in [0.15, 0.2) is 18.2 Å². The number of ether oxygens (including phenoxy) is 1.